The largest absolute Gasteiger partial charge is 0.366 e. The van der Waals surface area contributed by atoms with E-state index in [9.17, 15) is 14.9 Å². The minimum atomic E-state index is -0.396. The number of benzene rings is 2. The summed E-state index contributed by atoms with van der Waals surface area (Å²) >= 11 is 0. The number of anilines is 2. The van der Waals surface area contributed by atoms with Crippen molar-refractivity contribution < 1.29 is 9.72 Å². The van der Waals surface area contributed by atoms with E-state index < -0.39 is 4.92 Å². The topological polar surface area (TPSA) is 75.5 Å². The summed E-state index contributed by atoms with van der Waals surface area (Å²) in [6.45, 7) is 3.70. The van der Waals surface area contributed by atoms with Crippen LogP contribution >= 0.6 is 0 Å². The fourth-order valence-electron chi connectivity index (χ4n) is 3.42. The highest BCUT2D eigenvalue weighted by Crippen LogP contribution is 2.31. The van der Waals surface area contributed by atoms with Crippen molar-refractivity contribution >= 4 is 23.0 Å². The Bertz CT molecular complexity index is 810. The summed E-state index contributed by atoms with van der Waals surface area (Å²) in [7, 11) is 0. The van der Waals surface area contributed by atoms with Gasteiger partial charge in [-0.25, -0.2) is 0 Å². The molecule has 0 atom stereocenters. The molecule has 0 bridgehead atoms. The maximum Gasteiger partial charge on any atom is 0.293 e. The van der Waals surface area contributed by atoms with E-state index in [1.165, 1.54) is 11.6 Å². The maximum absolute atomic E-state index is 12.5. The highest BCUT2D eigenvalue weighted by molar-refractivity contribution is 6.05. The summed E-state index contributed by atoms with van der Waals surface area (Å²) in [5.74, 6) is -0.343. The number of hydrogen-bond donors (Lipinski definition) is 1. The normalized spacial score (nSPS) is 14.5. The van der Waals surface area contributed by atoms with Crippen molar-refractivity contribution in [3.63, 3.8) is 0 Å². The van der Waals surface area contributed by atoms with Crippen LogP contribution < -0.4 is 10.2 Å². The number of nitro benzene ring substituents is 1. The van der Waals surface area contributed by atoms with E-state index in [0.29, 0.717) is 16.9 Å². The van der Waals surface area contributed by atoms with E-state index in [1.807, 2.05) is 24.3 Å². The number of nitrogens with one attached hydrogen (secondary N) is 1. The molecule has 1 aliphatic rings. The Hall–Kier alpha value is -2.89. The average Bonchev–Trinajstić information content (AvgIpc) is 2.97. The molecule has 0 saturated carbocycles. The van der Waals surface area contributed by atoms with E-state index >= 15 is 0 Å². The van der Waals surface area contributed by atoms with Crippen LogP contribution in [-0.4, -0.2) is 23.9 Å². The second-order valence-electron chi connectivity index (χ2n) is 6.87. The second-order valence-corrected chi connectivity index (χ2v) is 6.87. The van der Waals surface area contributed by atoms with Crippen molar-refractivity contribution in [2.75, 3.05) is 23.3 Å². The Labute approximate surface area is 159 Å². The zero-order chi connectivity index (χ0) is 19.2. The van der Waals surface area contributed by atoms with Gasteiger partial charge in [-0.15, -0.1) is 0 Å². The monoisotopic (exact) mass is 367 g/mol. The third-order valence-electron chi connectivity index (χ3n) is 5.00. The average molecular weight is 367 g/mol. The van der Waals surface area contributed by atoms with Crippen molar-refractivity contribution in [3.05, 3.63) is 63.7 Å². The molecule has 27 heavy (non-hydrogen) atoms. The molecule has 2 aromatic carbocycles. The van der Waals surface area contributed by atoms with Crippen LogP contribution in [0.15, 0.2) is 42.5 Å². The van der Waals surface area contributed by atoms with Crippen LogP contribution in [0.2, 0.25) is 0 Å². The summed E-state index contributed by atoms with van der Waals surface area (Å²) in [6, 6.07) is 12.4. The number of carbonyl (C=O) groups excluding carboxylic acids is 1. The summed E-state index contributed by atoms with van der Waals surface area (Å²) in [6.07, 6.45) is 5.31. The smallest absolute Gasteiger partial charge is 0.293 e. The standard InChI is InChI=1S/C21H25N3O3/c1-2-16-7-10-18(11-8-16)22-21(25)17-9-12-19(20(15-17)24(26)27)23-13-5-3-4-6-14-23/h7-12,15H,2-6,13-14H2,1H3,(H,22,25). The molecule has 1 amide bonds. The van der Waals surface area contributed by atoms with Gasteiger partial charge in [0, 0.05) is 30.4 Å². The third kappa shape index (κ3) is 4.64. The van der Waals surface area contributed by atoms with E-state index in [4.69, 9.17) is 0 Å². The lowest BCUT2D eigenvalue weighted by Gasteiger charge is -2.22. The van der Waals surface area contributed by atoms with Crippen molar-refractivity contribution in [1.29, 1.82) is 0 Å². The molecule has 6 nitrogen and oxygen atoms in total. The first-order valence-electron chi connectivity index (χ1n) is 9.52. The summed E-state index contributed by atoms with van der Waals surface area (Å²) < 4.78 is 0. The Morgan fingerprint density at radius 2 is 1.74 bits per heavy atom. The lowest BCUT2D eigenvalue weighted by Crippen LogP contribution is -2.25. The molecule has 0 aromatic heterocycles. The Kier molecular flexibility index (Phi) is 6.06. The van der Waals surface area contributed by atoms with E-state index in [1.54, 1.807) is 12.1 Å². The van der Waals surface area contributed by atoms with Crippen LogP contribution in [0.1, 0.15) is 48.5 Å². The van der Waals surface area contributed by atoms with Gasteiger partial charge in [-0.1, -0.05) is 31.9 Å². The molecular formula is C21H25N3O3. The van der Waals surface area contributed by atoms with Crippen LogP contribution in [0.3, 0.4) is 0 Å². The number of nitro groups is 1. The Morgan fingerprint density at radius 1 is 1.07 bits per heavy atom. The summed E-state index contributed by atoms with van der Waals surface area (Å²) in [5.41, 5.74) is 2.75. The molecule has 142 valence electrons. The van der Waals surface area contributed by atoms with Crippen molar-refractivity contribution in [1.82, 2.24) is 0 Å². The van der Waals surface area contributed by atoms with Gasteiger partial charge in [-0.05, 0) is 49.1 Å². The molecular weight excluding hydrogens is 342 g/mol. The molecule has 2 aromatic rings. The Morgan fingerprint density at radius 3 is 2.33 bits per heavy atom. The summed E-state index contributed by atoms with van der Waals surface area (Å²) in [4.78, 5) is 25.8. The number of amides is 1. The minimum absolute atomic E-state index is 0.00844. The molecule has 1 aliphatic heterocycles. The van der Waals surface area contributed by atoms with Gasteiger partial charge in [0.15, 0.2) is 0 Å². The Balaban J connectivity index is 1.81. The fraction of sp³-hybridized carbons (Fsp3) is 0.381. The van der Waals surface area contributed by atoms with Crippen molar-refractivity contribution in [2.24, 2.45) is 0 Å². The van der Waals surface area contributed by atoms with Gasteiger partial charge in [0.2, 0.25) is 0 Å². The molecule has 1 fully saturated rings. The van der Waals surface area contributed by atoms with Crippen molar-refractivity contribution in [3.8, 4) is 0 Å². The third-order valence-corrected chi connectivity index (χ3v) is 5.00. The lowest BCUT2D eigenvalue weighted by molar-refractivity contribution is -0.384. The van der Waals surface area contributed by atoms with Gasteiger partial charge in [-0.2, -0.15) is 0 Å². The van der Waals surface area contributed by atoms with Gasteiger partial charge >= 0.3 is 0 Å². The lowest BCUT2D eigenvalue weighted by atomic mass is 10.1. The molecule has 3 rings (SSSR count). The number of carbonyl (C=O) groups is 1. The van der Waals surface area contributed by atoms with Crippen LogP contribution in [0.25, 0.3) is 0 Å². The van der Waals surface area contributed by atoms with E-state index in [2.05, 4.69) is 17.1 Å². The van der Waals surface area contributed by atoms with E-state index in [-0.39, 0.29) is 11.6 Å². The van der Waals surface area contributed by atoms with E-state index in [0.717, 1.165) is 45.2 Å². The molecule has 0 aliphatic carbocycles. The predicted octanol–water partition coefficient (Wildman–Crippen LogP) is 4.79. The number of nitrogens with zero attached hydrogens (tertiary/aromatic N) is 2. The molecule has 0 radical (unpaired) electrons. The van der Waals surface area contributed by atoms with Crippen LogP contribution in [0, 0.1) is 10.1 Å². The van der Waals surface area contributed by atoms with Gasteiger partial charge in [0.25, 0.3) is 11.6 Å². The highest BCUT2D eigenvalue weighted by atomic mass is 16.6. The first kappa shape index (κ1) is 18.9. The molecule has 1 saturated heterocycles. The van der Waals surface area contributed by atoms with Gasteiger partial charge in [0.05, 0.1) is 4.92 Å². The van der Waals surface area contributed by atoms with Crippen LogP contribution in [-0.2, 0) is 6.42 Å². The molecule has 0 unspecified atom stereocenters. The molecule has 1 heterocycles. The molecule has 6 heteroatoms. The highest BCUT2D eigenvalue weighted by Gasteiger charge is 2.22. The summed E-state index contributed by atoms with van der Waals surface area (Å²) in [5, 5.41) is 14.4. The van der Waals surface area contributed by atoms with Gasteiger partial charge in [-0.3, -0.25) is 14.9 Å². The quantitative estimate of drug-likeness (QED) is 0.609. The number of rotatable bonds is 5. The molecule has 1 N–H and O–H groups in total. The fourth-order valence-corrected chi connectivity index (χ4v) is 3.42. The first-order chi connectivity index (χ1) is 13.1. The zero-order valence-electron chi connectivity index (χ0n) is 15.6. The number of hydrogen-bond acceptors (Lipinski definition) is 4. The maximum atomic E-state index is 12.5. The SMILES string of the molecule is CCc1ccc(NC(=O)c2ccc(N3CCCCCC3)c([N+](=O)[O-])c2)cc1. The molecule has 0 spiro atoms. The first-order valence-corrected chi connectivity index (χ1v) is 9.52. The minimum Gasteiger partial charge on any atom is -0.366 e. The van der Waals surface area contributed by atoms with Crippen LogP contribution in [0.4, 0.5) is 17.1 Å². The van der Waals surface area contributed by atoms with Crippen LogP contribution in [0.5, 0.6) is 0 Å². The zero-order valence-corrected chi connectivity index (χ0v) is 15.6. The second kappa shape index (κ2) is 8.66. The van der Waals surface area contributed by atoms with Gasteiger partial charge in [0.1, 0.15) is 5.69 Å². The van der Waals surface area contributed by atoms with Crippen molar-refractivity contribution in [2.45, 2.75) is 39.0 Å². The number of aryl methyl sites for hydroxylation is 1. The predicted molar refractivity (Wildman–Crippen MR) is 108 cm³/mol. The van der Waals surface area contributed by atoms with Gasteiger partial charge < -0.3 is 10.2 Å².